The molecular weight excluding hydrogens is 186 g/mol. The van der Waals surface area contributed by atoms with Crippen LogP contribution in [-0.2, 0) is 0 Å². The van der Waals surface area contributed by atoms with Gasteiger partial charge in [-0.15, -0.1) is 0 Å². The van der Waals surface area contributed by atoms with E-state index in [0.717, 1.165) is 5.69 Å². The molecule has 0 unspecified atom stereocenters. The molecule has 0 amide bonds. The number of nitrogens with zero attached hydrogens (tertiary/aromatic N) is 1. The van der Waals surface area contributed by atoms with Gasteiger partial charge in [-0.05, 0) is 31.0 Å². The molecule has 1 heterocycles. The van der Waals surface area contributed by atoms with Crippen molar-refractivity contribution in [3.8, 4) is 11.3 Å². The molecule has 0 saturated heterocycles. The Bertz CT molecular complexity index is 444. The molecule has 1 aliphatic rings. The van der Waals surface area contributed by atoms with Crippen molar-refractivity contribution in [1.82, 2.24) is 10.2 Å². The summed E-state index contributed by atoms with van der Waals surface area (Å²) in [5, 5.41) is 10.4. The van der Waals surface area contributed by atoms with Crippen LogP contribution in [0.15, 0.2) is 36.5 Å². The van der Waals surface area contributed by atoms with E-state index in [4.69, 9.17) is 0 Å². The van der Waals surface area contributed by atoms with Crippen molar-refractivity contribution in [2.75, 3.05) is 5.32 Å². The molecule has 1 fully saturated rings. The second-order valence-electron chi connectivity index (χ2n) is 3.97. The highest BCUT2D eigenvalue weighted by atomic mass is 15.1. The van der Waals surface area contributed by atoms with Gasteiger partial charge in [-0.2, -0.15) is 5.10 Å². The van der Waals surface area contributed by atoms with Crippen molar-refractivity contribution in [1.29, 1.82) is 0 Å². The van der Waals surface area contributed by atoms with Gasteiger partial charge in [-0.1, -0.05) is 12.1 Å². The molecule has 2 N–H and O–H groups in total. The number of aromatic nitrogens is 2. The lowest BCUT2D eigenvalue weighted by Crippen LogP contribution is -2.00. The second-order valence-corrected chi connectivity index (χ2v) is 3.97. The second kappa shape index (κ2) is 3.42. The maximum Gasteiger partial charge on any atom is 0.0650 e. The van der Waals surface area contributed by atoms with Gasteiger partial charge in [0.05, 0.1) is 5.69 Å². The van der Waals surface area contributed by atoms with Gasteiger partial charge < -0.3 is 5.32 Å². The molecule has 3 nitrogen and oxygen atoms in total. The Hall–Kier alpha value is -1.77. The van der Waals surface area contributed by atoms with E-state index in [2.05, 4.69) is 39.8 Å². The van der Waals surface area contributed by atoms with E-state index in [0.29, 0.717) is 6.04 Å². The molecule has 3 rings (SSSR count). The number of hydrogen-bond donors (Lipinski definition) is 2. The number of hydrogen-bond acceptors (Lipinski definition) is 2. The summed E-state index contributed by atoms with van der Waals surface area (Å²) in [7, 11) is 0. The Morgan fingerprint density at radius 1 is 1.27 bits per heavy atom. The van der Waals surface area contributed by atoms with E-state index < -0.39 is 0 Å². The van der Waals surface area contributed by atoms with Crippen molar-refractivity contribution in [3.05, 3.63) is 36.5 Å². The highest BCUT2D eigenvalue weighted by Crippen LogP contribution is 2.27. The lowest BCUT2D eigenvalue weighted by Gasteiger charge is -2.05. The zero-order valence-electron chi connectivity index (χ0n) is 8.40. The summed E-state index contributed by atoms with van der Waals surface area (Å²) in [5.41, 5.74) is 3.44. The molecule has 3 heteroatoms. The van der Waals surface area contributed by atoms with Crippen LogP contribution < -0.4 is 5.32 Å². The first kappa shape index (κ1) is 8.53. The average molecular weight is 199 g/mol. The van der Waals surface area contributed by atoms with Crippen LogP contribution >= 0.6 is 0 Å². The monoisotopic (exact) mass is 199 g/mol. The summed E-state index contributed by atoms with van der Waals surface area (Å²) in [6.45, 7) is 0. The lowest BCUT2D eigenvalue weighted by atomic mass is 10.1. The fraction of sp³-hybridized carbons (Fsp3) is 0.250. The lowest BCUT2D eigenvalue weighted by molar-refractivity contribution is 1.09. The van der Waals surface area contributed by atoms with Crippen LogP contribution in [0, 0.1) is 0 Å². The van der Waals surface area contributed by atoms with Crippen molar-refractivity contribution in [2.45, 2.75) is 18.9 Å². The minimum atomic E-state index is 0.696. The number of aromatic amines is 1. The summed E-state index contributed by atoms with van der Waals surface area (Å²) in [6, 6.07) is 11.1. The predicted molar refractivity (Wildman–Crippen MR) is 60.7 cm³/mol. The molecule has 0 bridgehead atoms. The number of nitrogens with one attached hydrogen (secondary N) is 2. The van der Waals surface area contributed by atoms with E-state index >= 15 is 0 Å². The molecule has 1 saturated carbocycles. The van der Waals surface area contributed by atoms with Gasteiger partial charge >= 0.3 is 0 Å². The first-order valence-corrected chi connectivity index (χ1v) is 5.28. The Balaban J connectivity index is 1.88. The van der Waals surface area contributed by atoms with Crippen molar-refractivity contribution in [2.24, 2.45) is 0 Å². The third-order valence-electron chi connectivity index (χ3n) is 2.62. The topological polar surface area (TPSA) is 40.7 Å². The fourth-order valence-electron chi connectivity index (χ4n) is 1.66. The smallest absolute Gasteiger partial charge is 0.0650 e. The normalized spacial score (nSPS) is 15.2. The van der Waals surface area contributed by atoms with Gasteiger partial charge in [0.15, 0.2) is 0 Å². The van der Waals surface area contributed by atoms with Gasteiger partial charge in [-0.3, -0.25) is 5.10 Å². The zero-order valence-corrected chi connectivity index (χ0v) is 8.40. The third-order valence-corrected chi connectivity index (χ3v) is 2.62. The zero-order chi connectivity index (χ0) is 10.1. The van der Waals surface area contributed by atoms with Gasteiger partial charge in [0.25, 0.3) is 0 Å². The summed E-state index contributed by atoms with van der Waals surface area (Å²) in [6.07, 6.45) is 4.37. The number of H-pyrrole nitrogens is 1. The number of rotatable bonds is 3. The van der Waals surface area contributed by atoms with E-state index in [-0.39, 0.29) is 0 Å². The molecule has 2 aromatic rings. The molecule has 1 aromatic carbocycles. The average Bonchev–Trinajstić information content (AvgIpc) is 2.91. The minimum Gasteiger partial charge on any atom is -0.382 e. The standard InChI is InChI=1S/C12H13N3/c1-2-9(12-6-7-13-15-12)8-11(3-1)14-10-4-5-10/h1-3,6-8,10,14H,4-5H2,(H,13,15). The molecule has 1 aliphatic carbocycles. The molecule has 1 aromatic heterocycles. The third kappa shape index (κ3) is 1.86. The fourth-order valence-corrected chi connectivity index (χ4v) is 1.66. The molecular formula is C12H13N3. The first-order valence-electron chi connectivity index (χ1n) is 5.28. The van der Waals surface area contributed by atoms with Crippen LogP contribution in [0.1, 0.15) is 12.8 Å². The van der Waals surface area contributed by atoms with Gasteiger partial charge in [0.2, 0.25) is 0 Å². The number of anilines is 1. The van der Waals surface area contributed by atoms with E-state index in [1.54, 1.807) is 6.20 Å². The maximum atomic E-state index is 3.96. The van der Waals surface area contributed by atoms with Crippen molar-refractivity contribution >= 4 is 5.69 Å². The number of benzene rings is 1. The van der Waals surface area contributed by atoms with Gasteiger partial charge in [-0.25, -0.2) is 0 Å². The van der Waals surface area contributed by atoms with E-state index in [1.165, 1.54) is 24.1 Å². The highest BCUT2D eigenvalue weighted by Gasteiger charge is 2.20. The predicted octanol–water partition coefficient (Wildman–Crippen LogP) is 2.65. The van der Waals surface area contributed by atoms with Crippen LogP contribution in [0.3, 0.4) is 0 Å². The van der Waals surface area contributed by atoms with Gasteiger partial charge in [0.1, 0.15) is 0 Å². The minimum absolute atomic E-state index is 0.696. The van der Waals surface area contributed by atoms with Crippen LogP contribution in [0.5, 0.6) is 0 Å². The molecule has 0 spiro atoms. The summed E-state index contributed by atoms with van der Waals surface area (Å²) < 4.78 is 0. The van der Waals surface area contributed by atoms with Gasteiger partial charge in [0, 0.05) is 23.5 Å². The molecule has 0 aliphatic heterocycles. The Kier molecular flexibility index (Phi) is 1.95. The molecule has 76 valence electrons. The van der Waals surface area contributed by atoms with Crippen LogP contribution in [-0.4, -0.2) is 16.2 Å². The Morgan fingerprint density at radius 2 is 2.20 bits per heavy atom. The molecule has 0 atom stereocenters. The molecule has 0 radical (unpaired) electrons. The molecule has 15 heavy (non-hydrogen) atoms. The SMILES string of the molecule is c1cc(NC2CC2)cc(-c2ccn[nH]2)c1. The summed E-state index contributed by atoms with van der Waals surface area (Å²) in [5.74, 6) is 0. The quantitative estimate of drug-likeness (QED) is 0.797. The van der Waals surface area contributed by atoms with E-state index in [1.807, 2.05) is 6.07 Å². The maximum absolute atomic E-state index is 3.96. The van der Waals surface area contributed by atoms with Crippen molar-refractivity contribution < 1.29 is 0 Å². The van der Waals surface area contributed by atoms with Crippen molar-refractivity contribution in [3.63, 3.8) is 0 Å². The van der Waals surface area contributed by atoms with E-state index in [9.17, 15) is 0 Å². The highest BCUT2D eigenvalue weighted by molar-refractivity contribution is 5.64. The Labute approximate surface area is 88.5 Å². The first-order chi connectivity index (χ1) is 7.42. The van der Waals surface area contributed by atoms with Crippen LogP contribution in [0.2, 0.25) is 0 Å². The largest absolute Gasteiger partial charge is 0.382 e. The van der Waals surface area contributed by atoms with Crippen LogP contribution in [0.25, 0.3) is 11.3 Å². The summed E-state index contributed by atoms with van der Waals surface area (Å²) in [4.78, 5) is 0. The summed E-state index contributed by atoms with van der Waals surface area (Å²) >= 11 is 0. The Morgan fingerprint density at radius 3 is 2.93 bits per heavy atom. The van der Waals surface area contributed by atoms with Crippen LogP contribution in [0.4, 0.5) is 5.69 Å².